The summed E-state index contributed by atoms with van der Waals surface area (Å²) in [5.41, 5.74) is 2.58. The number of ether oxygens (including phenoxy) is 1. The van der Waals surface area contributed by atoms with Gasteiger partial charge in [-0.05, 0) is 58.6 Å². The molecule has 1 fully saturated rings. The van der Waals surface area contributed by atoms with Crippen molar-refractivity contribution in [3.8, 4) is 5.75 Å². The van der Waals surface area contributed by atoms with Crippen LogP contribution in [-0.4, -0.2) is 65.7 Å². The van der Waals surface area contributed by atoms with Crippen molar-refractivity contribution in [3.63, 3.8) is 0 Å². The summed E-state index contributed by atoms with van der Waals surface area (Å²) in [5.74, 6) is 2.57. The lowest BCUT2D eigenvalue weighted by molar-refractivity contribution is 0.0610. The van der Waals surface area contributed by atoms with E-state index in [2.05, 4.69) is 22.9 Å². The Kier molecular flexibility index (Phi) is 6.07. The van der Waals surface area contributed by atoms with Gasteiger partial charge in [-0.15, -0.1) is 0 Å². The molecule has 1 amide bonds. The predicted octanol–water partition coefficient (Wildman–Crippen LogP) is 4.25. The molecule has 0 radical (unpaired) electrons. The molecule has 2 aliphatic heterocycles. The minimum Gasteiger partial charge on any atom is -0.493 e. The second-order valence-electron chi connectivity index (χ2n) is 10.4. The number of hydrogen-bond acceptors (Lipinski definition) is 6. The Morgan fingerprint density at radius 2 is 1.71 bits per heavy atom. The van der Waals surface area contributed by atoms with Crippen molar-refractivity contribution in [1.82, 2.24) is 19.5 Å². The zero-order valence-electron chi connectivity index (χ0n) is 21.5. The largest absolute Gasteiger partial charge is 0.493 e. The molecule has 8 nitrogen and oxygen atoms in total. The number of aryl methyl sites for hydroxylation is 1. The van der Waals surface area contributed by atoms with Crippen LogP contribution in [0.1, 0.15) is 61.1 Å². The Labute approximate surface area is 207 Å². The number of rotatable bonds is 1. The van der Waals surface area contributed by atoms with Crippen LogP contribution < -0.4 is 14.5 Å². The summed E-state index contributed by atoms with van der Waals surface area (Å²) >= 11 is 0. The van der Waals surface area contributed by atoms with Crippen LogP contribution >= 0.6 is 0 Å². The fourth-order valence-corrected chi connectivity index (χ4v) is 4.92. The van der Waals surface area contributed by atoms with E-state index in [9.17, 15) is 4.79 Å². The number of anilines is 2. The van der Waals surface area contributed by atoms with Gasteiger partial charge >= 0.3 is 0 Å². The maximum absolute atomic E-state index is 13.7. The molecule has 4 heterocycles. The van der Waals surface area contributed by atoms with E-state index in [0.717, 1.165) is 61.0 Å². The van der Waals surface area contributed by atoms with Crippen molar-refractivity contribution >= 4 is 23.2 Å². The number of carbonyl (C=O) groups is 1. The highest BCUT2D eigenvalue weighted by molar-refractivity contribution is 5.97. The van der Waals surface area contributed by atoms with Gasteiger partial charge < -0.3 is 19.4 Å². The molecule has 1 saturated heterocycles. The topological polar surface area (TPSA) is 66.2 Å². The third kappa shape index (κ3) is 4.30. The number of amides is 1. The molecular weight excluding hydrogens is 440 g/mol. The molecule has 0 spiro atoms. The van der Waals surface area contributed by atoms with E-state index < -0.39 is 5.54 Å². The third-order valence-corrected chi connectivity index (χ3v) is 7.50. The molecule has 3 aromatic rings. The third-order valence-electron chi connectivity index (χ3n) is 7.50. The minimum absolute atomic E-state index is 0.0799. The fraction of sp³-hybridized carbons (Fsp3) is 0.519. The van der Waals surface area contributed by atoms with Gasteiger partial charge in [-0.2, -0.15) is 9.61 Å². The molecule has 0 atom stereocenters. The fourth-order valence-electron chi connectivity index (χ4n) is 4.92. The lowest BCUT2D eigenvalue weighted by atomic mass is 9.97. The van der Waals surface area contributed by atoms with Crippen LogP contribution in [0.3, 0.4) is 0 Å². The lowest BCUT2D eigenvalue weighted by Gasteiger charge is -2.34. The Morgan fingerprint density at radius 1 is 0.971 bits per heavy atom. The van der Waals surface area contributed by atoms with Crippen LogP contribution in [0.25, 0.3) is 5.65 Å². The summed E-state index contributed by atoms with van der Waals surface area (Å²) in [6.07, 6.45) is 4.26. The van der Waals surface area contributed by atoms with Crippen LogP contribution in [0.5, 0.6) is 5.75 Å². The number of hydrogen-bond donors (Lipinski definition) is 0. The molecule has 0 aliphatic carbocycles. The van der Waals surface area contributed by atoms with Gasteiger partial charge in [0.1, 0.15) is 17.4 Å². The SMILES string of the molecule is Cc1ccc2c(c1)C(=O)N(C)C(C)(C)c1cc3nc(N4CCCC4)cc(n3n1)N(C)CCCCO2. The first-order valence-electron chi connectivity index (χ1n) is 12.6. The second kappa shape index (κ2) is 9.06. The molecular formula is C27H36N6O2. The van der Waals surface area contributed by atoms with Crippen molar-refractivity contribution in [2.75, 3.05) is 50.1 Å². The van der Waals surface area contributed by atoms with Crippen molar-refractivity contribution < 1.29 is 9.53 Å². The summed E-state index contributed by atoms with van der Waals surface area (Å²) < 4.78 is 8.04. The quantitative estimate of drug-likeness (QED) is 0.523. The standard InChI is InChI=1S/C27H36N6O2/c1-19-10-11-21-20(16-19)26(34)31(5)27(2,3)22-17-24-28-23(32-13-6-7-14-32)18-25(33(24)29-22)30(4)12-8-9-15-35-21/h10-11,16-18H,6-9,12-15H2,1-5H3. The summed E-state index contributed by atoms with van der Waals surface area (Å²) in [6.45, 7) is 9.58. The Hall–Kier alpha value is -3.29. The Morgan fingerprint density at radius 3 is 2.49 bits per heavy atom. The number of aromatic nitrogens is 3. The summed E-state index contributed by atoms with van der Waals surface area (Å²) in [6, 6.07) is 10.0. The first-order chi connectivity index (χ1) is 16.8. The molecule has 2 aromatic heterocycles. The maximum atomic E-state index is 13.7. The maximum Gasteiger partial charge on any atom is 0.258 e. The van der Waals surface area contributed by atoms with E-state index >= 15 is 0 Å². The summed E-state index contributed by atoms with van der Waals surface area (Å²) in [5, 5.41) is 5.00. The van der Waals surface area contributed by atoms with Gasteiger partial charge in [0.2, 0.25) is 0 Å². The van der Waals surface area contributed by atoms with E-state index in [4.69, 9.17) is 14.8 Å². The molecule has 0 saturated carbocycles. The molecule has 186 valence electrons. The predicted molar refractivity (Wildman–Crippen MR) is 139 cm³/mol. The van der Waals surface area contributed by atoms with E-state index in [-0.39, 0.29) is 5.91 Å². The van der Waals surface area contributed by atoms with Crippen LogP contribution in [0.2, 0.25) is 0 Å². The molecule has 5 rings (SSSR count). The molecule has 0 unspecified atom stereocenters. The second-order valence-corrected chi connectivity index (χ2v) is 10.4. The zero-order valence-corrected chi connectivity index (χ0v) is 21.5. The van der Waals surface area contributed by atoms with E-state index in [1.807, 2.05) is 56.6 Å². The Bertz CT molecular complexity index is 1240. The van der Waals surface area contributed by atoms with Gasteiger partial charge in [-0.1, -0.05) is 11.6 Å². The molecule has 35 heavy (non-hydrogen) atoms. The van der Waals surface area contributed by atoms with Crippen molar-refractivity contribution in [2.24, 2.45) is 0 Å². The van der Waals surface area contributed by atoms with Gasteiger partial charge in [0, 0.05) is 45.9 Å². The van der Waals surface area contributed by atoms with Gasteiger partial charge in [0.25, 0.3) is 5.91 Å². The van der Waals surface area contributed by atoms with Crippen molar-refractivity contribution in [2.45, 2.75) is 52.0 Å². The molecule has 1 aromatic carbocycles. The normalized spacial score (nSPS) is 19.0. The highest BCUT2D eigenvalue weighted by atomic mass is 16.5. The average molecular weight is 477 g/mol. The van der Waals surface area contributed by atoms with Crippen LogP contribution in [-0.2, 0) is 5.54 Å². The average Bonchev–Trinajstić information content (AvgIpc) is 3.52. The number of nitrogens with zero attached hydrogens (tertiary/aromatic N) is 6. The number of fused-ring (bicyclic) bond motifs is 2. The van der Waals surface area contributed by atoms with Crippen LogP contribution in [0.15, 0.2) is 30.3 Å². The van der Waals surface area contributed by atoms with Gasteiger partial charge in [0.15, 0.2) is 5.65 Å². The highest BCUT2D eigenvalue weighted by Crippen LogP contribution is 2.33. The lowest BCUT2D eigenvalue weighted by Crippen LogP contribution is -2.43. The number of carbonyl (C=O) groups excluding carboxylic acids is 1. The zero-order chi connectivity index (χ0) is 24.7. The first kappa shape index (κ1) is 23.5. The monoisotopic (exact) mass is 476 g/mol. The van der Waals surface area contributed by atoms with E-state index in [1.54, 1.807) is 4.90 Å². The van der Waals surface area contributed by atoms with Crippen LogP contribution in [0.4, 0.5) is 11.6 Å². The first-order valence-corrected chi connectivity index (χ1v) is 12.6. The minimum atomic E-state index is -0.657. The molecule has 0 N–H and O–H groups in total. The summed E-state index contributed by atoms with van der Waals surface area (Å²) in [4.78, 5) is 25.1. The van der Waals surface area contributed by atoms with Crippen molar-refractivity contribution in [3.05, 3.63) is 47.2 Å². The smallest absolute Gasteiger partial charge is 0.258 e. The van der Waals surface area contributed by atoms with Gasteiger partial charge in [-0.3, -0.25) is 4.79 Å². The number of benzene rings is 1. The Balaban J connectivity index is 1.63. The van der Waals surface area contributed by atoms with Crippen molar-refractivity contribution in [1.29, 1.82) is 0 Å². The molecule has 8 heteroatoms. The van der Waals surface area contributed by atoms with E-state index in [1.165, 1.54) is 12.8 Å². The van der Waals surface area contributed by atoms with E-state index in [0.29, 0.717) is 17.9 Å². The molecule has 2 aliphatic rings. The van der Waals surface area contributed by atoms with Gasteiger partial charge in [0.05, 0.1) is 23.4 Å². The summed E-state index contributed by atoms with van der Waals surface area (Å²) in [7, 11) is 3.95. The van der Waals surface area contributed by atoms with Crippen LogP contribution in [0, 0.1) is 6.92 Å². The molecule has 2 bridgehead atoms. The van der Waals surface area contributed by atoms with Gasteiger partial charge in [-0.25, -0.2) is 4.98 Å². The highest BCUT2D eigenvalue weighted by Gasteiger charge is 2.35.